The van der Waals surface area contributed by atoms with Crippen molar-refractivity contribution in [3.05, 3.63) is 23.5 Å². The molecule has 2 atom stereocenters. The number of nitrogens with one attached hydrogen (secondary N) is 2. The summed E-state index contributed by atoms with van der Waals surface area (Å²) >= 11 is 0. The van der Waals surface area contributed by atoms with Crippen LogP contribution in [-0.4, -0.2) is 83.7 Å². The van der Waals surface area contributed by atoms with Gasteiger partial charge in [0.1, 0.15) is 0 Å². The molecule has 0 amide bonds. The molecule has 0 bridgehead atoms. The maximum atomic E-state index is 11.0. The molecule has 2 unspecified atom stereocenters. The molecule has 2 rings (SSSR count). The molecule has 0 saturated carbocycles. The third kappa shape index (κ3) is 4.90. The van der Waals surface area contributed by atoms with Crippen LogP contribution in [0.2, 0.25) is 0 Å². The summed E-state index contributed by atoms with van der Waals surface area (Å²) in [5.74, 6) is -1.93. The molecule has 0 saturated heterocycles. The molecule has 2 aliphatic heterocycles. The Balaban J connectivity index is 0.00000264. The Morgan fingerprint density at radius 2 is 1.33 bits per heavy atom. The fraction of sp³-hybridized carbons (Fsp3) is 0.538. The van der Waals surface area contributed by atoms with E-state index in [1.165, 1.54) is 0 Å². The average Bonchev–Trinajstić information content (AvgIpc) is 2.95. The van der Waals surface area contributed by atoms with Gasteiger partial charge in [-0.3, -0.25) is 0 Å². The number of likely N-dealkylation sites (N-methyl/N-ethyl adjacent to an activating group) is 2. The number of carboxylic acid groups (broad SMARTS) is 2. The fourth-order valence-electron chi connectivity index (χ4n) is 2.79. The molecule has 0 aromatic heterocycles. The smallest absolute Gasteiger partial charge is 0.391 e. The van der Waals surface area contributed by atoms with Gasteiger partial charge < -0.3 is 40.1 Å². The first kappa shape index (κ1) is 22.8. The Bertz CT molecular complexity index is 496. The van der Waals surface area contributed by atoms with Gasteiger partial charge in [0.2, 0.25) is 11.4 Å². The standard InChI is InChI=1S/C13H20N4O5.2ClH/c1-14-10(12(19)20)3-5-16(14)7-9(18)8-17-6-4-11(13(21)22)15(17)2;;/h3-4,9,18H,5-8H2,1-2H3,(H,19,20)(H,21,22);2*1H. The predicted octanol–water partition coefficient (Wildman–Crippen LogP) is -10.2. The molecule has 2 aliphatic rings. The van der Waals surface area contributed by atoms with Crippen LogP contribution in [0.4, 0.5) is 0 Å². The lowest BCUT2D eigenvalue weighted by Crippen LogP contribution is -3.14. The second kappa shape index (κ2) is 9.33. The van der Waals surface area contributed by atoms with E-state index in [9.17, 15) is 14.7 Å². The maximum absolute atomic E-state index is 11.0. The first-order chi connectivity index (χ1) is 10.3. The van der Waals surface area contributed by atoms with Gasteiger partial charge in [-0.25, -0.2) is 19.6 Å². The zero-order valence-corrected chi connectivity index (χ0v) is 14.9. The fourth-order valence-corrected chi connectivity index (χ4v) is 2.79. The largest absolute Gasteiger partial charge is 1.00 e. The van der Waals surface area contributed by atoms with E-state index in [4.69, 9.17) is 10.2 Å². The third-order valence-corrected chi connectivity index (χ3v) is 4.08. The quantitative estimate of drug-likeness (QED) is 0.309. The minimum absolute atomic E-state index is 0. The number of aliphatic carboxylic acids is 2. The van der Waals surface area contributed by atoms with Crippen LogP contribution in [0.3, 0.4) is 0 Å². The lowest BCUT2D eigenvalue weighted by atomic mass is 10.3. The molecule has 138 valence electrons. The second-order valence-electron chi connectivity index (χ2n) is 5.48. The number of aliphatic hydroxyl groups is 1. The van der Waals surface area contributed by atoms with Gasteiger partial charge in [0.15, 0.2) is 0 Å². The molecule has 0 aliphatic carbocycles. The summed E-state index contributed by atoms with van der Waals surface area (Å²) in [5.41, 5.74) is 0.539. The number of carboxylic acids is 2. The highest BCUT2D eigenvalue weighted by Gasteiger charge is 2.35. The number of nitrogens with zero attached hydrogens (tertiary/aromatic N) is 2. The van der Waals surface area contributed by atoms with E-state index < -0.39 is 18.0 Å². The van der Waals surface area contributed by atoms with Crippen LogP contribution in [0, 0.1) is 0 Å². The summed E-state index contributed by atoms with van der Waals surface area (Å²) in [7, 11) is 3.44. The molecule has 0 spiro atoms. The Morgan fingerprint density at radius 3 is 1.58 bits per heavy atom. The van der Waals surface area contributed by atoms with Crippen LogP contribution < -0.4 is 34.8 Å². The van der Waals surface area contributed by atoms with E-state index in [1.807, 2.05) is 10.0 Å². The van der Waals surface area contributed by atoms with Gasteiger partial charge in [-0.15, -0.1) is 10.0 Å². The van der Waals surface area contributed by atoms with Crippen molar-refractivity contribution >= 4 is 11.9 Å². The lowest BCUT2D eigenvalue weighted by Gasteiger charge is -2.27. The minimum atomic E-state index is -0.964. The summed E-state index contributed by atoms with van der Waals surface area (Å²) < 4.78 is 0. The summed E-state index contributed by atoms with van der Waals surface area (Å²) in [6.45, 7) is 1.55. The summed E-state index contributed by atoms with van der Waals surface area (Å²) in [5, 5.41) is 33.2. The Kier molecular flexibility index (Phi) is 8.86. The molecular formula is C13H22Cl2N4O5. The number of quaternary nitrogens is 2. The van der Waals surface area contributed by atoms with Crippen molar-refractivity contribution in [1.82, 2.24) is 10.0 Å². The highest BCUT2D eigenvalue weighted by atomic mass is 35.5. The Morgan fingerprint density at radius 1 is 1.00 bits per heavy atom. The van der Waals surface area contributed by atoms with E-state index in [1.54, 1.807) is 26.2 Å². The molecular weight excluding hydrogens is 363 g/mol. The van der Waals surface area contributed by atoms with Crippen molar-refractivity contribution in [2.45, 2.75) is 6.10 Å². The topological polar surface area (TPSA) is 110 Å². The molecule has 5 N–H and O–H groups in total. The first-order valence-electron chi connectivity index (χ1n) is 7.04. The van der Waals surface area contributed by atoms with Crippen molar-refractivity contribution in [3.63, 3.8) is 0 Å². The predicted molar refractivity (Wildman–Crippen MR) is 74.4 cm³/mol. The summed E-state index contributed by atoms with van der Waals surface area (Å²) in [4.78, 5) is 22.0. The Labute approximate surface area is 152 Å². The molecule has 24 heavy (non-hydrogen) atoms. The van der Waals surface area contributed by atoms with Crippen molar-refractivity contribution < 1.29 is 59.7 Å². The van der Waals surface area contributed by atoms with Gasteiger partial charge in [0, 0.05) is 12.2 Å². The van der Waals surface area contributed by atoms with E-state index >= 15 is 0 Å². The molecule has 2 heterocycles. The van der Waals surface area contributed by atoms with Crippen LogP contribution in [0.15, 0.2) is 23.5 Å². The highest BCUT2D eigenvalue weighted by molar-refractivity contribution is 5.84. The maximum Gasteiger partial charge on any atom is 0.391 e. The zero-order valence-electron chi connectivity index (χ0n) is 13.4. The molecule has 0 aromatic rings. The monoisotopic (exact) mass is 384 g/mol. The Hall–Kier alpha value is -1.20. The van der Waals surface area contributed by atoms with Gasteiger partial charge in [-0.05, 0) is 0 Å². The van der Waals surface area contributed by atoms with Gasteiger partial charge in [-0.2, -0.15) is 0 Å². The molecule has 0 aromatic carbocycles. The van der Waals surface area contributed by atoms with Crippen molar-refractivity contribution in [2.75, 3.05) is 40.3 Å². The van der Waals surface area contributed by atoms with Gasteiger partial charge in [0.05, 0.1) is 46.4 Å². The molecule has 0 fully saturated rings. The van der Waals surface area contributed by atoms with Crippen molar-refractivity contribution in [1.29, 1.82) is 0 Å². The number of β-amino-alcohol motifs (C(OH)–C–C–N with tert-alkyl or cyclic N) is 1. The summed E-state index contributed by atoms with van der Waals surface area (Å²) in [6.07, 6.45) is 2.55. The minimum Gasteiger partial charge on any atom is -1.00 e. The lowest BCUT2D eigenvalue weighted by molar-refractivity contribution is -0.958. The number of carbonyl (C=O) groups is 2. The number of aliphatic hydroxyl groups excluding tert-OH is 1. The third-order valence-electron chi connectivity index (χ3n) is 4.08. The van der Waals surface area contributed by atoms with E-state index in [-0.39, 0.29) is 36.2 Å². The first-order valence-corrected chi connectivity index (χ1v) is 7.04. The van der Waals surface area contributed by atoms with Crippen molar-refractivity contribution in [3.8, 4) is 0 Å². The summed E-state index contributed by atoms with van der Waals surface area (Å²) in [6, 6.07) is 0. The molecule has 0 radical (unpaired) electrons. The molecule has 9 nitrogen and oxygen atoms in total. The SMILES string of the molecule is C[NH+]1C(C(=O)O)=CCN1CC(O)CN1CC=C(C(=O)O)[NH+]1C.[Cl-].[Cl-]. The van der Waals surface area contributed by atoms with E-state index in [2.05, 4.69) is 0 Å². The highest BCUT2D eigenvalue weighted by Crippen LogP contribution is 2.01. The van der Waals surface area contributed by atoms with Crippen LogP contribution in [-0.2, 0) is 9.59 Å². The number of hydrogen-bond acceptors (Lipinski definition) is 5. The average molecular weight is 385 g/mol. The van der Waals surface area contributed by atoms with Crippen LogP contribution >= 0.6 is 0 Å². The second-order valence-corrected chi connectivity index (χ2v) is 5.48. The number of halogens is 2. The van der Waals surface area contributed by atoms with Crippen molar-refractivity contribution in [2.24, 2.45) is 0 Å². The van der Waals surface area contributed by atoms with Gasteiger partial charge in [0.25, 0.3) is 0 Å². The van der Waals surface area contributed by atoms with Crippen LogP contribution in [0.25, 0.3) is 0 Å². The zero-order chi connectivity index (χ0) is 16.4. The normalized spacial score (nSPS) is 25.3. The van der Waals surface area contributed by atoms with E-state index in [0.29, 0.717) is 36.2 Å². The van der Waals surface area contributed by atoms with Crippen LogP contribution in [0.5, 0.6) is 0 Å². The number of hydrogen-bond donors (Lipinski definition) is 5. The van der Waals surface area contributed by atoms with E-state index in [0.717, 1.165) is 0 Å². The van der Waals surface area contributed by atoms with Gasteiger partial charge in [-0.1, -0.05) is 0 Å². The van der Waals surface area contributed by atoms with Gasteiger partial charge >= 0.3 is 11.9 Å². The van der Waals surface area contributed by atoms with Crippen LogP contribution in [0.1, 0.15) is 0 Å². The molecule has 11 heteroatoms. The number of rotatable bonds is 6.